The van der Waals surface area contributed by atoms with Crippen LogP contribution in [0.15, 0.2) is 36.4 Å². The van der Waals surface area contributed by atoms with Crippen LogP contribution in [-0.4, -0.2) is 37.5 Å². The van der Waals surface area contributed by atoms with E-state index in [0.29, 0.717) is 12.0 Å². The molecule has 0 unspecified atom stereocenters. The fraction of sp³-hybridized carbons (Fsp3) is 0.450. The van der Waals surface area contributed by atoms with E-state index < -0.39 is 18.4 Å². The Kier molecular flexibility index (Phi) is 7.85. The number of nitrogens with zero attached hydrogens (tertiary/aromatic N) is 1. The van der Waals surface area contributed by atoms with Crippen LogP contribution < -0.4 is 15.8 Å². The molecular formula is C20H27N3O4. The molecular weight excluding hydrogens is 346 g/mol. The average Bonchev–Trinajstić information content (AvgIpc) is 2.72. The molecule has 0 aromatic heterocycles. The Morgan fingerprint density at radius 1 is 1.07 bits per heavy atom. The third-order valence-electron chi connectivity index (χ3n) is 4.52. The zero-order chi connectivity index (χ0) is 19.6. The number of rotatable bonds is 7. The first-order valence-electron chi connectivity index (χ1n) is 9.31. The number of ether oxygens (including phenoxy) is 1. The average molecular weight is 373 g/mol. The second kappa shape index (κ2) is 10.4. The third-order valence-corrected chi connectivity index (χ3v) is 4.52. The first kappa shape index (κ1) is 20.5. The normalized spacial score (nSPS) is 15.7. The summed E-state index contributed by atoms with van der Waals surface area (Å²) in [5.74, 6) is -1.59. The molecule has 0 spiro atoms. The molecule has 7 nitrogen and oxygen atoms in total. The molecule has 2 rings (SSSR count). The highest BCUT2D eigenvalue weighted by molar-refractivity contribution is 5.95. The number of allylic oxidation sites excluding steroid dienone is 2. The van der Waals surface area contributed by atoms with Crippen LogP contribution in [0.4, 0.5) is 5.69 Å². The molecule has 27 heavy (non-hydrogen) atoms. The van der Waals surface area contributed by atoms with E-state index in [4.69, 9.17) is 4.74 Å². The van der Waals surface area contributed by atoms with Crippen molar-refractivity contribution in [2.45, 2.75) is 33.1 Å². The molecule has 7 heteroatoms. The lowest BCUT2D eigenvalue weighted by molar-refractivity contribution is -0.153. The Morgan fingerprint density at radius 3 is 2.37 bits per heavy atom. The predicted molar refractivity (Wildman–Crippen MR) is 103 cm³/mol. The van der Waals surface area contributed by atoms with Crippen LogP contribution in [0.3, 0.4) is 0 Å². The Hall–Kier alpha value is -2.83. The summed E-state index contributed by atoms with van der Waals surface area (Å²) in [6.45, 7) is 5.48. The van der Waals surface area contributed by atoms with E-state index in [2.05, 4.69) is 29.6 Å². The number of nitrogens with one attached hydrogen (secondary N) is 2. The summed E-state index contributed by atoms with van der Waals surface area (Å²) >= 11 is 0. The van der Waals surface area contributed by atoms with E-state index in [9.17, 15) is 14.4 Å². The number of benzene rings is 1. The predicted octanol–water partition coefficient (Wildman–Crippen LogP) is 2.19. The van der Waals surface area contributed by atoms with Gasteiger partial charge in [-0.3, -0.25) is 25.2 Å². The van der Waals surface area contributed by atoms with Gasteiger partial charge in [0.2, 0.25) is 0 Å². The standard InChI is InChI=1S/C20H27N3O4/c1-3-23(4-2)17-12-10-15(11-13-17)19(25)22-21-18(24)14-27-20(26)16-8-6-5-7-9-16/h5-6,10-13,16H,3-4,7-9,14H2,1-2H3,(H,21,24)(H,22,25)/t16-/m0/s1. The molecule has 0 bridgehead atoms. The first-order chi connectivity index (χ1) is 13.0. The lowest BCUT2D eigenvalue weighted by atomic mass is 9.95. The molecule has 0 fully saturated rings. The summed E-state index contributed by atoms with van der Waals surface area (Å²) in [5.41, 5.74) is 6.04. The SMILES string of the molecule is CCN(CC)c1ccc(C(=O)NNC(=O)COC(=O)[C@H]2CC=CCC2)cc1. The fourth-order valence-electron chi connectivity index (χ4n) is 2.91. The van der Waals surface area contributed by atoms with Crippen molar-refractivity contribution in [1.82, 2.24) is 10.9 Å². The molecule has 2 amide bonds. The van der Waals surface area contributed by atoms with E-state index in [-0.39, 0.29) is 11.9 Å². The minimum atomic E-state index is -0.581. The molecule has 1 aromatic carbocycles. The summed E-state index contributed by atoms with van der Waals surface area (Å²) in [6.07, 6.45) is 6.19. The van der Waals surface area contributed by atoms with Crippen molar-refractivity contribution in [2.75, 3.05) is 24.6 Å². The number of anilines is 1. The maximum absolute atomic E-state index is 12.1. The Balaban J connectivity index is 1.75. The number of hydrogen-bond donors (Lipinski definition) is 2. The van der Waals surface area contributed by atoms with E-state index in [1.807, 2.05) is 24.3 Å². The van der Waals surface area contributed by atoms with Gasteiger partial charge in [0.1, 0.15) is 0 Å². The maximum Gasteiger partial charge on any atom is 0.309 e. The highest BCUT2D eigenvalue weighted by Crippen LogP contribution is 2.19. The van der Waals surface area contributed by atoms with Gasteiger partial charge in [0.15, 0.2) is 6.61 Å². The van der Waals surface area contributed by atoms with Crippen molar-refractivity contribution >= 4 is 23.5 Å². The number of amides is 2. The molecule has 0 radical (unpaired) electrons. The highest BCUT2D eigenvalue weighted by atomic mass is 16.5. The Labute approximate surface area is 159 Å². The van der Waals surface area contributed by atoms with Crippen molar-refractivity contribution in [3.05, 3.63) is 42.0 Å². The van der Waals surface area contributed by atoms with Gasteiger partial charge >= 0.3 is 5.97 Å². The Morgan fingerprint density at radius 2 is 1.78 bits per heavy atom. The first-order valence-corrected chi connectivity index (χ1v) is 9.31. The van der Waals surface area contributed by atoms with Crippen LogP contribution in [0, 0.1) is 5.92 Å². The minimum absolute atomic E-state index is 0.193. The summed E-state index contributed by atoms with van der Waals surface area (Å²) < 4.78 is 5.01. The van der Waals surface area contributed by atoms with Crippen molar-refractivity contribution in [1.29, 1.82) is 0 Å². The summed E-state index contributed by atoms with van der Waals surface area (Å²) in [4.78, 5) is 37.9. The van der Waals surface area contributed by atoms with Crippen molar-refractivity contribution in [2.24, 2.45) is 5.92 Å². The molecule has 146 valence electrons. The smallest absolute Gasteiger partial charge is 0.309 e. The van der Waals surface area contributed by atoms with Crippen molar-refractivity contribution < 1.29 is 19.1 Å². The van der Waals surface area contributed by atoms with Gasteiger partial charge in [-0.15, -0.1) is 0 Å². The third kappa shape index (κ3) is 6.13. The number of hydrazine groups is 1. The molecule has 0 saturated carbocycles. The largest absolute Gasteiger partial charge is 0.455 e. The summed E-state index contributed by atoms with van der Waals surface area (Å²) in [7, 11) is 0. The van der Waals surface area contributed by atoms with E-state index in [1.54, 1.807) is 12.1 Å². The van der Waals surface area contributed by atoms with Crippen LogP contribution in [-0.2, 0) is 14.3 Å². The quantitative estimate of drug-likeness (QED) is 0.435. The molecule has 0 aliphatic heterocycles. The highest BCUT2D eigenvalue weighted by Gasteiger charge is 2.21. The molecule has 0 saturated heterocycles. The molecule has 0 heterocycles. The number of esters is 1. The number of carbonyl (C=O) groups is 3. The second-order valence-corrected chi connectivity index (χ2v) is 6.31. The van der Waals surface area contributed by atoms with Crippen LogP contribution >= 0.6 is 0 Å². The van der Waals surface area contributed by atoms with Crippen molar-refractivity contribution in [3.8, 4) is 0 Å². The van der Waals surface area contributed by atoms with E-state index in [1.165, 1.54) is 0 Å². The summed E-state index contributed by atoms with van der Waals surface area (Å²) in [6, 6.07) is 7.13. The van der Waals surface area contributed by atoms with Gasteiger partial charge in [-0.2, -0.15) is 0 Å². The zero-order valence-electron chi connectivity index (χ0n) is 15.9. The Bertz CT molecular complexity index is 681. The van der Waals surface area contributed by atoms with Gasteiger partial charge in [-0.1, -0.05) is 12.2 Å². The van der Waals surface area contributed by atoms with Gasteiger partial charge in [0.05, 0.1) is 5.92 Å². The molecule has 1 atom stereocenters. The molecule has 1 aliphatic carbocycles. The van der Waals surface area contributed by atoms with E-state index >= 15 is 0 Å². The lowest BCUT2D eigenvalue weighted by Crippen LogP contribution is -2.43. The van der Waals surface area contributed by atoms with Crippen LogP contribution in [0.2, 0.25) is 0 Å². The van der Waals surface area contributed by atoms with Gasteiger partial charge in [0.25, 0.3) is 11.8 Å². The molecule has 1 aromatic rings. The monoisotopic (exact) mass is 373 g/mol. The topological polar surface area (TPSA) is 87.7 Å². The van der Waals surface area contributed by atoms with Crippen LogP contribution in [0.5, 0.6) is 0 Å². The maximum atomic E-state index is 12.1. The summed E-state index contributed by atoms with van der Waals surface area (Å²) in [5, 5.41) is 0. The van der Waals surface area contributed by atoms with Gasteiger partial charge in [-0.05, 0) is 57.4 Å². The zero-order valence-corrected chi connectivity index (χ0v) is 15.9. The fourth-order valence-corrected chi connectivity index (χ4v) is 2.91. The van der Waals surface area contributed by atoms with Crippen LogP contribution in [0.25, 0.3) is 0 Å². The second-order valence-electron chi connectivity index (χ2n) is 6.31. The van der Waals surface area contributed by atoms with Gasteiger partial charge in [0, 0.05) is 24.3 Å². The van der Waals surface area contributed by atoms with Gasteiger partial charge in [-0.25, -0.2) is 0 Å². The van der Waals surface area contributed by atoms with Gasteiger partial charge < -0.3 is 9.64 Å². The van der Waals surface area contributed by atoms with E-state index in [0.717, 1.165) is 31.6 Å². The lowest BCUT2D eigenvalue weighted by Gasteiger charge is -2.21. The number of hydrogen-bond acceptors (Lipinski definition) is 5. The van der Waals surface area contributed by atoms with Crippen molar-refractivity contribution in [3.63, 3.8) is 0 Å². The molecule has 1 aliphatic rings. The van der Waals surface area contributed by atoms with Crippen LogP contribution in [0.1, 0.15) is 43.5 Å². The molecule has 2 N–H and O–H groups in total. The number of carbonyl (C=O) groups excluding carboxylic acids is 3. The minimum Gasteiger partial charge on any atom is -0.455 e.